The zero-order valence-corrected chi connectivity index (χ0v) is 13.6. The quantitative estimate of drug-likeness (QED) is 0.769. The van der Waals surface area contributed by atoms with Crippen LogP contribution in [-0.2, 0) is 6.42 Å². The van der Waals surface area contributed by atoms with Gasteiger partial charge >= 0.3 is 0 Å². The van der Waals surface area contributed by atoms with E-state index in [2.05, 4.69) is 69.4 Å². The molecule has 2 aromatic rings. The standard InChI is InChI=1S/C19H27NO/c1-5-14(4)15-8-10-16(11-9-15)19(20-7-3)18-13-12-17(6-2)21-18/h8-14,19-20H,5-7H2,1-4H3. The Morgan fingerprint density at radius 3 is 2.14 bits per heavy atom. The van der Waals surface area contributed by atoms with Crippen molar-refractivity contribution in [2.45, 2.75) is 52.5 Å². The summed E-state index contributed by atoms with van der Waals surface area (Å²) in [5.41, 5.74) is 2.67. The van der Waals surface area contributed by atoms with E-state index in [4.69, 9.17) is 4.42 Å². The van der Waals surface area contributed by atoms with Crippen LogP contribution in [-0.4, -0.2) is 6.54 Å². The van der Waals surface area contributed by atoms with E-state index in [-0.39, 0.29) is 6.04 Å². The van der Waals surface area contributed by atoms with Gasteiger partial charge in [-0.25, -0.2) is 0 Å². The SMILES string of the molecule is CCNC(c1ccc(C(C)CC)cc1)c1ccc(CC)o1. The van der Waals surface area contributed by atoms with Crippen molar-refractivity contribution in [3.8, 4) is 0 Å². The number of nitrogens with one attached hydrogen (secondary N) is 1. The smallest absolute Gasteiger partial charge is 0.125 e. The summed E-state index contributed by atoms with van der Waals surface area (Å²) < 4.78 is 5.94. The Bertz CT molecular complexity index is 541. The van der Waals surface area contributed by atoms with E-state index in [1.54, 1.807) is 0 Å². The molecular formula is C19H27NO. The summed E-state index contributed by atoms with van der Waals surface area (Å²) in [6.07, 6.45) is 2.11. The predicted molar refractivity (Wildman–Crippen MR) is 88.8 cm³/mol. The summed E-state index contributed by atoms with van der Waals surface area (Å²) in [7, 11) is 0. The first-order chi connectivity index (χ1) is 10.2. The molecule has 1 heterocycles. The van der Waals surface area contributed by atoms with E-state index >= 15 is 0 Å². The Morgan fingerprint density at radius 2 is 1.62 bits per heavy atom. The van der Waals surface area contributed by atoms with E-state index in [9.17, 15) is 0 Å². The van der Waals surface area contributed by atoms with Gasteiger partial charge in [0.15, 0.2) is 0 Å². The molecule has 0 saturated carbocycles. The summed E-state index contributed by atoms with van der Waals surface area (Å²) in [4.78, 5) is 0. The second-order valence-corrected chi connectivity index (χ2v) is 5.62. The first-order valence-electron chi connectivity index (χ1n) is 8.11. The molecule has 0 amide bonds. The largest absolute Gasteiger partial charge is 0.464 e. The monoisotopic (exact) mass is 285 g/mol. The van der Waals surface area contributed by atoms with Gasteiger partial charge in [-0.05, 0) is 42.1 Å². The van der Waals surface area contributed by atoms with Crippen molar-refractivity contribution in [3.05, 3.63) is 59.0 Å². The lowest BCUT2D eigenvalue weighted by atomic mass is 9.95. The van der Waals surface area contributed by atoms with Crippen LogP contribution >= 0.6 is 0 Å². The van der Waals surface area contributed by atoms with Crippen molar-refractivity contribution in [2.24, 2.45) is 0 Å². The van der Waals surface area contributed by atoms with Gasteiger partial charge < -0.3 is 9.73 Å². The predicted octanol–water partition coefficient (Wildman–Crippen LogP) is 5.05. The summed E-state index contributed by atoms with van der Waals surface area (Å²) in [6, 6.07) is 13.3. The summed E-state index contributed by atoms with van der Waals surface area (Å²) >= 11 is 0. The van der Waals surface area contributed by atoms with Crippen LogP contribution < -0.4 is 5.32 Å². The number of rotatable bonds is 7. The number of furan rings is 1. The fourth-order valence-corrected chi connectivity index (χ4v) is 2.58. The molecule has 2 rings (SSSR count). The zero-order valence-electron chi connectivity index (χ0n) is 13.6. The first-order valence-corrected chi connectivity index (χ1v) is 8.11. The molecule has 0 bridgehead atoms. The summed E-state index contributed by atoms with van der Waals surface area (Å²) in [5, 5.41) is 3.52. The molecule has 0 spiro atoms. The van der Waals surface area contributed by atoms with E-state index in [1.165, 1.54) is 17.5 Å². The molecule has 0 fully saturated rings. The van der Waals surface area contributed by atoms with Crippen LogP contribution in [0.5, 0.6) is 0 Å². The molecule has 2 heteroatoms. The molecule has 1 N–H and O–H groups in total. The molecule has 0 aliphatic rings. The second-order valence-electron chi connectivity index (χ2n) is 5.62. The third kappa shape index (κ3) is 3.76. The van der Waals surface area contributed by atoms with Gasteiger partial charge in [-0.15, -0.1) is 0 Å². The third-order valence-corrected chi connectivity index (χ3v) is 4.17. The maximum absolute atomic E-state index is 5.94. The first kappa shape index (κ1) is 15.8. The van der Waals surface area contributed by atoms with Gasteiger partial charge in [0.2, 0.25) is 0 Å². The minimum absolute atomic E-state index is 0.140. The molecule has 0 aliphatic carbocycles. The molecule has 2 unspecified atom stereocenters. The van der Waals surface area contributed by atoms with Crippen LogP contribution in [0, 0.1) is 0 Å². The molecular weight excluding hydrogens is 258 g/mol. The van der Waals surface area contributed by atoms with E-state index in [1.807, 2.05) is 0 Å². The van der Waals surface area contributed by atoms with Crippen molar-refractivity contribution in [1.29, 1.82) is 0 Å². The van der Waals surface area contributed by atoms with Crippen LogP contribution in [0.2, 0.25) is 0 Å². The highest BCUT2D eigenvalue weighted by atomic mass is 16.3. The van der Waals surface area contributed by atoms with Crippen LogP contribution in [0.3, 0.4) is 0 Å². The number of hydrogen-bond acceptors (Lipinski definition) is 2. The highest BCUT2D eigenvalue weighted by Gasteiger charge is 2.17. The molecule has 0 aliphatic heterocycles. The molecule has 21 heavy (non-hydrogen) atoms. The Balaban J connectivity index is 2.25. The molecule has 1 aromatic heterocycles. The highest BCUT2D eigenvalue weighted by molar-refractivity contribution is 5.31. The topological polar surface area (TPSA) is 25.2 Å². The summed E-state index contributed by atoms with van der Waals surface area (Å²) in [5.74, 6) is 2.67. The van der Waals surface area contributed by atoms with Crippen LogP contribution in [0.4, 0.5) is 0 Å². The average Bonchev–Trinajstić information content (AvgIpc) is 3.01. The van der Waals surface area contributed by atoms with Gasteiger partial charge in [0.05, 0.1) is 6.04 Å². The Labute approximate surface area is 128 Å². The van der Waals surface area contributed by atoms with Crippen LogP contribution in [0.1, 0.15) is 68.7 Å². The Kier molecular flexibility index (Phi) is 5.63. The van der Waals surface area contributed by atoms with E-state index < -0.39 is 0 Å². The van der Waals surface area contributed by atoms with Crippen molar-refractivity contribution in [1.82, 2.24) is 5.32 Å². The Morgan fingerprint density at radius 1 is 0.952 bits per heavy atom. The molecule has 0 radical (unpaired) electrons. The molecule has 114 valence electrons. The van der Waals surface area contributed by atoms with Crippen molar-refractivity contribution >= 4 is 0 Å². The highest BCUT2D eigenvalue weighted by Crippen LogP contribution is 2.26. The lowest BCUT2D eigenvalue weighted by Crippen LogP contribution is -2.21. The number of aryl methyl sites for hydroxylation is 1. The normalized spacial score (nSPS) is 14.1. The van der Waals surface area contributed by atoms with Crippen LogP contribution in [0.25, 0.3) is 0 Å². The van der Waals surface area contributed by atoms with Gasteiger partial charge in [0.1, 0.15) is 11.5 Å². The fourth-order valence-electron chi connectivity index (χ4n) is 2.58. The number of benzene rings is 1. The number of hydrogen-bond donors (Lipinski definition) is 1. The molecule has 2 atom stereocenters. The van der Waals surface area contributed by atoms with Gasteiger partial charge in [-0.2, -0.15) is 0 Å². The van der Waals surface area contributed by atoms with Crippen molar-refractivity contribution in [2.75, 3.05) is 6.54 Å². The zero-order chi connectivity index (χ0) is 15.2. The maximum atomic E-state index is 5.94. The Hall–Kier alpha value is -1.54. The lowest BCUT2D eigenvalue weighted by Gasteiger charge is -2.17. The second kappa shape index (κ2) is 7.46. The van der Waals surface area contributed by atoms with Gasteiger partial charge in [-0.1, -0.05) is 52.0 Å². The average molecular weight is 285 g/mol. The minimum Gasteiger partial charge on any atom is -0.464 e. The third-order valence-electron chi connectivity index (χ3n) is 4.17. The lowest BCUT2D eigenvalue weighted by molar-refractivity contribution is 0.426. The van der Waals surface area contributed by atoms with Gasteiger partial charge in [0, 0.05) is 6.42 Å². The van der Waals surface area contributed by atoms with Crippen LogP contribution in [0.15, 0.2) is 40.8 Å². The van der Waals surface area contributed by atoms with Crippen molar-refractivity contribution < 1.29 is 4.42 Å². The van der Waals surface area contributed by atoms with Gasteiger partial charge in [0.25, 0.3) is 0 Å². The minimum atomic E-state index is 0.140. The maximum Gasteiger partial charge on any atom is 0.125 e. The fraction of sp³-hybridized carbons (Fsp3) is 0.474. The van der Waals surface area contributed by atoms with Crippen molar-refractivity contribution in [3.63, 3.8) is 0 Å². The molecule has 0 saturated heterocycles. The van der Waals surface area contributed by atoms with Gasteiger partial charge in [-0.3, -0.25) is 0 Å². The molecule has 2 nitrogen and oxygen atoms in total. The van der Waals surface area contributed by atoms with E-state index in [0.29, 0.717) is 5.92 Å². The summed E-state index contributed by atoms with van der Waals surface area (Å²) in [6.45, 7) is 9.67. The molecule has 1 aromatic carbocycles. The van der Waals surface area contributed by atoms with E-state index in [0.717, 1.165) is 24.5 Å².